The molecular weight excluding hydrogens is 268 g/mol. The first-order valence-corrected chi connectivity index (χ1v) is 7.59. The summed E-state index contributed by atoms with van der Waals surface area (Å²) in [6, 6.07) is 6.27. The zero-order valence-electron chi connectivity index (χ0n) is 10.9. The predicted molar refractivity (Wildman–Crippen MR) is 80.5 cm³/mol. The second-order valence-corrected chi connectivity index (χ2v) is 6.12. The molecule has 2 N–H and O–H groups in total. The van der Waals surface area contributed by atoms with E-state index in [0.717, 1.165) is 40.9 Å². The molecule has 0 fully saturated rings. The van der Waals surface area contributed by atoms with E-state index in [-0.39, 0.29) is 6.04 Å². The molecule has 1 aliphatic carbocycles. The van der Waals surface area contributed by atoms with Gasteiger partial charge in [0.1, 0.15) is 5.01 Å². The molecule has 0 saturated heterocycles. The molecule has 100 valence electrons. The van der Waals surface area contributed by atoms with Gasteiger partial charge in [-0.05, 0) is 37.5 Å². The molecule has 0 saturated carbocycles. The number of thiazole rings is 1. The Hall–Kier alpha value is -1.85. The highest BCUT2D eigenvalue weighted by atomic mass is 32.1. The molecule has 0 bridgehead atoms. The average molecular weight is 282 g/mol. The van der Waals surface area contributed by atoms with Gasteiger partial charge in [-0.15, -0.1) is 11.3 Å². The Morgan fingerprint density at radius 2 is 2.00 bits per heavy atom. The van der Waals surface area contributed by atoms with Crippen LogP contribution in [-0.2, 0) is 6.42 Å². The highest BCUT2D eigenvalue weighted by Crippen LogP contribution is 2.37. The summed E-state index contributed by atoms with van der Waals surface area (Å²) in [5.74, 6) is 0. The monoisotopic (exact) mass is 282 g/mol. The maximum absolute atomic E-state index is 6.18. The largest absolute Gasteiger partial charge is 0.323 e. The Morgan fingerprint density at radius 1 is 1.15 bits per heavy atom. The Labute approximate surface area is 120 Å². The predicted octanol–water partition coefficient (Wildman–Crippen LogP) is 3.09. The van der Waals surface area contributed by atoms with E-state index < -0.39 is 0 Å². The van der Waals surface area contributed by atoms with Crippen molar-refractivity contribution >= 4 is 22.4 Å². The smallest absolute Gasteiger partial charge is 0.124 e. The molecule has 0 amide bonds. The van der Waals surface area contributed by atoms with Crippen LogP contribution in [0.5, 0.6) is 0 Å². The molecule has 4 nitrogen and oxygen atoms in total. The third-order valence-corrected chi connectivity index (χ3v) is 4.99. The summed E-state index contributed by atoms with van der Waals surface area (Å²) in [5, 5.41) is 1.04. The molecule has 4 rings (SSSR count). The van der Waals surface area contributed by atoms with Gasteiger partial charge in [0.15, 0.2) is 0 Å². The summed E-state index contributed by atoms with van der Waals surface area (Å²) in [6.45, 7) is 0. The Kier molecular flexibility index (Phi) is 2.75. The molecule has 0 spiro atoms. The first kappa shape index (κ1) is 11.9. The molecule has 1 aromatic carbocycles. The summed E-state index contributed by atoms with van der Waals surface area (Å²) in [7, 11) is 0. The number of rotatable bonds is 1. The van der Waals surface area contributed by atoms with Crippen molar-refractivity contribution in [1.82, 2.24) is 15.0 Å². The van der Waals surface area contributed by atoms with Crippen molar-refractivity contribution in [2.75, 3.05) is 0 Å². The van der Waals surface area contributed by atoms with Crippen LogP contribution in [0.25, 0.3) is 21.6 Å². The minimum Gasteiger partial charge on any atom is -0.323 e. The van der Waals surface area contributed by atoms with Gasteiger partial charge in [0.2, 0.25) is 0 Å². The number of hydrogen-bond acceptors (Lipinski definition) is 5. The van der Waals surface area contributed by atoms with Gasteiger partial charge in [-0.2, -0.15) is 0 Å². The normalized spacial score (nSPS) is 18.1. The van der Waals surface area contributed by atoms with E-state index in [2.05, 4.69) is 22.1 Å². The van der Waals surface area contributed by atoms with E-state index >= 15 is 0 Å². The SMILES string of the molecule is NC1CCCc2nc(-c3ccc4nccnc4c3)sc21. The van der Waals surface area contributed by atoms with Crippen molar-refractivity contribution < 1.29 is 0 Å². The molecule has 0 radical (unpaired) electrons. The van der Waals surface area contributed by atoms with Crippen LogP contribution in [0.3, 0.4) is 0 Å². The number of hydrogen-bond donors (Lipinski definition) is 1. The summed E-state index contributed by atoms with van der Waals surface area (Å²) >= 11 is 1.72. The minimum atomic E-state index is 0.158. The standard InChI is InChI=1S/C15H14N4S/c16-10-2-1-3-12-14(10)20-15(19-12)9-4-5-11-13(8-9)18-7-6-17-11/h4-8,10H,1-3,16H2. The third kappa shape index (κ3) is 1.90. The van der Waals surface area contributed by atoms with Gasteiger partial charge in [-0.25, -0.2) is 4.98 Å². The number of nitrogens with two attached hydrogens (primary N) is 1. The van der Waals surface area contributed by atoms with E-state index in [1.54, 1.807) is 23.7 Å². The van der Waals surface area contributed by atoms with Crippen molar-refractivity contribution in [3.8, 4) is 10.6 Å². The van der Waals surface area contributed by atoms with Crippen molar-refractivity contribution in [1.29, 1.82) is 0 Å². The number of aryl methyl sites for hydroxylation is 1. The van der Waals surface area contributed by atoms with Gasteiger partial charge in [-0.1, -0.05) is 0 Å². The van der Waals surface area contributed by atoms with Crippen molar-refractivity contribution in [3.63, 3.8) is 0 Å². The highest BCUT2D eigenvalue weighted by molar-refractivity contribution is 7.15. The average Bonchev–Trinajstić information content (AvgIpc) is 2.92. The van der Waals surface area contributed by atoms with Crippen LogP contribution in [0.4, 0.5) is 0 Å². The maximum atomic E-state index is 6.18. The number of benzene rings is 1. The highest BCUT2D eigenvalue weighted by Gasteiger charge is 2.22. The van der Waals surface area contributed by atoms with Crippen LogP contribution in [0.1, 0.15) is 29.5 Å². The third-order valence-electron chi connectivity index (χ3n) is 3.71. The molecule has 5 heteroatoms. The molecule has 20 heavy (non-hydrogen) atoms. The van der Waals surface area contributed by atoms with Gasteiger partial charge in [0.05, 0.1) is 16.7 Å². The second kappa shape index (κ2) is 4.61. The van der Waals surface area contributed by atoms with Crippen molar-refractivity contribution in [3.05, 3.63) is 41.2 Å². The summed E-state index contributed by atoms with van der Waals surface area (Å²) in [6.07, 6.45) is 6.68. The fourth-order valence-corrected chi connectivity index (χ4v) is 3.82. The first-order chi connectivity index (χ1) is 9.81. The second-order valence-electron chi connectivity index (χ2n) is 5.09. The van der Waals surface area contributed by atoms with Crippen LogP contribution in [0.2, 0.25) is 0 Å². The van der Waals surface area contributed by atoms with Crippen molar-refractivity contribution in [2.24, 2.45) is 5.73 Å². The molecule has 1 atom stereocenters. The number of nitrogens with zero attached hydrogens (tertiary/aromatic N) is 3. The quantitative estimate of drug-likeness (QED) is 0.745. The summed E-state index contributed by atoms with van der Waals surface area (Å²) in [5.41, 5.74) is 10.3. The Bertz CT molecular complexity index is 780. The van der Waals surface area contributed by atoms with Gasteiger partial charge in [0, 0.05) is 28.9 Å². The Balaban J connectivity index is 1.83. The van der Waals surface area contributed by atoms with Crippen molar-refractivity contribution in [2.45, 2.75) is 25.3 Å². The lowest BCUT2D eigenvalue weighted by Gasteiger charge is -2.15. The zero-order valence-corrected chi connectivity index (χ0v) is 11.7. The van der Waals surface area contributed by atoms with Gasteiger partial charge >= 0.3 is 0 Å². The lowest BCUT2D eigenvalue weighted by atomic mass is 9.99. The fourth-order valence-electron chi connectivity index (χ4n) is 2.67. The van der Waals surface area contributed by atoms with E-state index in [9.17, 15) is 0 Å². The lowest BCUT2D eigenvalue weighted by molar-refractivity contribution is 0.573. The molecule has 1 aliphatic rings. The fraction of sp³-hybridized carbons (Fsp3) is 0.267. The minimum absolute atomic E-state index is 0.158. The van der Waals surface area contributed by atoms with Crippen LogP contribution in [0.15, 0.2) is 30.6 Å². The van der Waals surface area contributed by atoms with Gasteiger partial charge < -0.3 is 5.73 Å². The van der Waals surface area contributed by atoms with Crippen LogP contribution in [-0.4, -0.2) is 15.0 Å². The first-order valence-electron chi connectivity index (χ1n) is 6.77. The summed E-state index contributed by atoms with van der Waals surface area (Å²) < 4.78 is 0. The lowest BCUT2D eigenvalue weighted by Crippen LogP contribution is -2.15. The molecule has 2 aromatic heterocycles. The maximum Gasteiger partial charge on any atom is 0.124 e. The van der Waals surface area contributed by atoms with E-state index in [1.165, 1.54) is 10.6 Å². The molecule has 3 aromatic rings. The van der Waals surface area contributed by atoms with Crippen LogP contribution >= 0.6 is 11.3 Å². The molecule has 2 heterocycles. The van der Waals surface area contributed by atoms with E-state index in [0.29, 0.717) is 0 Å². The number of aromatic nitrogens is 3. The van der Waals surface area contributed by atoms with Crippen LogP contribution < -0.4 is 5.73 Å². The molecule has 0 aliphatic heterocycles. The molecular formula is C15H14N4S. The van der Waals surface area contributed by atoms with Gasteiger partial charge in [0.25, 0.3) is 0 Å². The summed E-state index contributed by atoms with van der Waals surface area (Å²) in [4.78, 5) is 14.7. The zero-order chi connectivity index (χ0) is 13.5. The van der Waals surface area contributed by atoms with Crippen LogP contribution in [0, 0.1) is 0 Å². The van der Waals surface area contributed by atoms with Gasteiger partial charge in [-0.3, -0.25) is 9.97 Å². The van der Waals surface area contributed by atoms with E-state index in [1.807, 2.05) is 6.07 Å². The molecule has 1 unspecified atom stereocenters. The van der Waals surface area contributed by atoms with E-state index in [4.69, 9.17) is 10.7 Å². The topological polar surface area (TPSA) is 64.7 Å². The number of fused-ring (bicyclic) bond motifs is 2. The Morgan fingerprint density at radius 3 is 2.85 bits per heavy atom.